The first-order chi connectivity index (χ1) is 8.50. The van der Waals surface area contributed by atoms with Crippen LogP contribution < -0.4 is 4.90 Å². The second-order valence-electron chi connectivity index (χ2n) is 4.55. The molecule has 1 aliphatic rings. The minimum Gasteiger partial charge on any atom is -0.362 e. The molecule has 1 heterocycles. The van der Waals surface area contributed by atoms with Crippen LogP contribution >= 0.6 is 23.2 Å². The largest absolute Gasteiger partial charge is 0.362 e. The smallest absolute Gasteiger partial charge is 0.295 e. The van der Waals surface area contributed by atoms with E-state index in [4.69, 9.17) is 23.2 Å². The molecule has 0 N–H and O–H groups in total. The average molecular weight is 289 g/mol. The van der Waals surface area contributed by atoms with Crippen molar-refractivity contribution in [3.63, 3.8) is 0 Å². The SMILES string of the molecule is C[C@@H]1CCCCN1c1c(Cl)cc(Cl)cc1[N+](=O)[O-]. The zero-order valence-electron chi connectivity index (χ0n) is 10.0. The minimum absolute atomic E-state index is 0.0127. The number of piperidine rings is 1. The van der Waals surface area contributed by atoms with E-state index in [1.54, 1.807) is 6.07 Å². The number of nitro groups is 1. The molecule has 4 nitrogen and oxygen atoms in total. The molecule has 1 aromatic carbocycles. The Kier molecular flexibility index (Phi) is 3.97. The number of benzene rings is 1. The van der Waals surface area contributed by atoms with Crippen molar-refractivity contribution in [1.29, 1.82) is 0 Å². The molecule has 6 heteroatoms. The first-order valence-electron chi connectivity index (χ1n) is 5.91. The standard InChI is InChI=1S/C12H14Cl2N2O2/c1-8-4-2-3-5-15(8)12-10(14)6-9(13)7-11(12)16(17)18/h6-8H,2-5H2,1H3/t8-/m1/s1. The number of nitrogens with zero attached hydrogens (tertiary/aromatic N) is 2. The Hall–Kier alpha value is -1.00. The summed E-state index contributed by atoms with van der Waals surface area (Å²) in [7, 11) is 0. The second kappa shape index (κ2) is 5.33. The summed E-state index contributed by atoms with van der Waals surface area (Å²) in [6.45, 7) is 2.86. The van der Waals surface area contributed by atoms with E-state index >= 15 is 0 Å². The third kappa shape index (κ3) is 2.54. The van der Waals surface area contributed by atoms with Crippen molar-refractivity contribution in [2.75, 3.05) is 11.4 Å². The minimum atomic E-state index is -0.422. The molecule has 0 aromatic heterocycles. The van der Waals surface area contributed by atoms with Crippen molar-refractivity contribution in [3.8, 4) is 0 Å². The van der Waals surface area contributed by atoms with Gasteiger partial charge < -0.3 is 4.90 Å². The number of rotatable bonds is 2. The lowest BCUT2D eigenvalue weighted by molar-refractivity contribution is -0.384. The van der Waals surface area contributed by atoms with Gasteiger partial charge in [-0.15, -0.1) is 0 Å². The van der Waals surface area contributed by atoms with Gasteiger partial charge in [0.2, 0.25) is 0 Å². The van der Waals surface area contributed by atoms with Gasteiger partial charge in [0.1, 0.15) is 5.69 Å². The van der Waals surface area contributed by atoms with Gasteiger partial charge >= 0.3 is 0 Å². The van der Waals surface area contributed by atoms with E-state index in [0.717, 1.165) is 25.8 Å². The molecule has 0 unspecified atom stereocenters. The summed E-state index contributed by atoms with van der Waals surface area (Å²) in [5.74, 6) is 0. The number of nitro benzene ring substituents is 1. The van der Waals surface area contributed by atoms with Gasteiger partial charge in [-0.05, 0) is 32.3 Å². The fourth-order valence-corrected chi connectivity index (χ4v) is 3.00. The topological polar surface area (TPSA) is 46.4 Å². The van der Waals surface area contributed by atoms with Gasteiger partial charge in [-0.1, -0.05) is 23.2 Å². The number of hydrogen-bond acceptors (Lipinski definition) is 3. The summed E-state index contributed by atoms with van der Waals surface area (Å²) in [5, 5.41) is 11.8. The third-order valence-corrected chi connectivity index (χ3v) is 3.80. The van der Waals surface area contributed by atoms with Crippen LogP contribution in [-0.2, 0) is 0 Å². The third-order valence-electron chi connectivity index (χ3n) is 3.29. The van der Waals surface area contributed by atoms with Crippen LogP contribution in [0.1, 0.15) is 26.2 Å². The van der Waals surface area contributed by atoms with Gasteiger partial charge in [0.15, 0.2) is 0 Å². The highest BCUT2D eigenvalue weighted by molar-refractivity contribution is 6.37. The van der Waals surface area contributed by atoms with Gasteiger partial charge in [0, 0.05) is 23.7 Å². The van der Waals surface area contributed by atoms with Crippen LogP contribution in [0.3, 0.4) is 0 Å². The number of hydrogen-bond donors (Lipinski definition) is 0. The van der Waals surface area contributed by atoms with Gasteiger partial charge in [0.05, 0.1) is 9.95 Å². The Bertz CT molecular complexity index is 479. The van der Waals surface area contributed by atoms with Gasteiger partial charge in [-0.2, -0.15) is 0 Å². The molecule has 1 saturated heterocycles. The molecular formula is C12H14Cl2N2O2. The molecule has 0 aliphatic carbocycles. The van der Waals surface area contributed by atoms with Crippen LogP contribution in [0.2, 0.25) is 10.0 Å². The molecule has 1 aromatic rings. The maximum Gasteiger partial charge on any atom is 0.295 e. The lowest BCUT2D eigenvalue weighted by Crippen LogP contribution is -2.38. The van der Waals surface area contributed by atoms with E-state index in [1.807, 2.05) is 4.90 Å². The summed E-state index contributed by atoms with van der Waals surface area (Å²) in [5.41, 5.74) is 0.486. The van der Waals surface area contributed by atoms with Crippen LogP contribution in [0.25, 0.3) is 0 Å². The maximum absolute atomic E-state index is 11.1. The molecular weight excluding hydrogens is 275 g/mol. The van der Waals surface area contributed by atoms with E-state index in [1.165, 1.54) is 6.07 Å². The van der Waals surface area contributed by atoms with Crippen molar-refractivity contribution < 1.29 is 4.92 Å². The van der Waals surface area contributed by atoms with E-state index in [9.17, 15) is 10.1 Å². The van der Waals surface area contributed by atoms with Crippen molar-refractivity contribution in [2.45, 2.75) is 32.2 Å². The molecule has 0 radical (unpaired) electrons. The fraction of sp³-hybridized carbons (Fsp3) is 0.500. The van der Waals surface area contributed by atoms with E-state index in [0.29, 0.717) is 15.7 Å². The number of halogens is 2. The van der Waals surface area contributed by atoms with Crippen LogP contribution in [0.4, 0.5) is 11.4 Å². The summed E-state index contributed by atoms with van der Waals surface area (Å²) < 4.78 is 0. The molecule has 98 valence electrons. The van der Waals surface area contributed by atoms with E-state index in [-0.39, 0.29) is 11.7 Å². The lowest BCUT2D eigenvalue weighted by Gasteiger charge is -2.35. The fourth-order valence-electron chi connectivity index (χ4n) is 2.41. The average Bonchev–Trinajstić information content (AvgIpc) is 2.29. The van der Waals surface area contributed by atoms with Crippen LogP contribution in [0.5, 0.6) is 0 Å². The Labute approximate surface area is 116 Å². The zero-order chi connectivity index (χ0) is 13.3. The first kappa shape index (κ1) is 13.4. The van der Waals surface area contributed by atoms with E-state index < -0.39 is 4.92 Å². The monoisotopic (exact) mass is 288 g/mol. The van der Waals surface area contributed by atoms with Gasteiger partial charge in [-0.25, -0.2) is 0 Å². The molecule has 0 amide bonds. The molecule has 1 atom stereocenters. The summed E-state index contributed by atoms with van der Waals surface area (Å²) >= 11 is 12.0. The molecule has 0 spiro atoms. The molecule has 18 heavy (non-hydrogen) atoms. The summed E-state index contributed by atoms with van der Waals surface area (Å²) in [4.78, 5) is 12.7. The second-order valence-corrected chi connectivity index (χ2v) is 5.39. The highest BCUT2D eigenvalue weighted by atomic mass is 35.5. The van der Waals surface area contributed by atoms with Gasteiger partial charge in [-0.3, -0.25) is 10.1 Å². The Balaban J connectivity index is 2.51. The number of anilines is 1. The van der Waals surface area contributed by atoms with Crippen LogP contribution in [-0.4, -0.2) is 17.5 Å². The predicted octanol–water partition coefficient (Wildman–Crippen LogP) is 4.28. The quantitative estimate of drug-likeness (QED) is 0.603. The van der Waals surface area contributed by atoms with Crippen molar-refractivity contribution in [2.24, 2.45) is 0 Å². The first-order valence-corrected chi connectivity index (χ1v) is 6.66. The molecule has 1 fully saturated rings. The van der Waals surface area contributed by atoms with Gasteiger partial charge in [0.25, 0.3) is 5.69 Å². The molecule has 1 aliphatic heterocycles. The van der Waals surface area contributed by atoms with Crippen molar-refractivity contribution in [3.05, 3.63) is 32.3 Å². The van der Waals surface area contributed by atoms with Crippen LogP contribution in [0.15, 0.2) is 12.1 Å². The molecule has 0 saturated carbocycles. The summed E-state index contributed by atoms with van der Waals surface area (Å²) in [6.07, 6.45) is 3.20. The Morgan fingerprint density at radius 3 is 2.72 bits per heavy atom. The Morgan fingerprint density at radius 1 is 1.39 bits per heavy atom. The van der Waals surface area contributed by atoms with Crippen LogP contribution in [0, 0.1) is 10.1 Å². The lowest BCUT2D eigenvalue weighted by atomic mass is 10.0. The Morgan fingerprint density at radius 2 is 2.11 bits per heavy atom. The molecule has 2 rings (SSSR count). The van der Waals surface area contributed by atoms with Crippen molar-refractivity contribution in [1.82, 2.24) is 0 Å². The highest BCUT2D eigenvalue weighted by Crippen LogP contribution is 2.40. The normalized spacial score (nSPS) is 19.9. The molecule has 0 bridgehead atoms. The van der Waals surface area contributed by atoms with E-state index in [2.05, 4.69) is 6.92 Å². The zero-order valence-corrected chi connectivity index (χ0v) is 11.5. The highest BCUT2D eigenvalue weighted by Gasteiger charge is 2.28. The van der Waals surface area contributed by atoms with Crippen molar-refractivity contribution >= 4 is 34.6 Å². The maximum atomic E-state index is 11.1. The summed E-state index contributed by atoms with van der Waals surface area (Å²) in [6, 6.07) is 3.19. The predicted molar refractivity (Wildman–Crippen MR) is 73.8 cm³/mol.